The fourth-order valence-corrected chi connectivity index (χ4v) is 6.11. The first-order valence-electron chi connectivity index (χ1n) is 6.17. The van der Waals surface area contributed by atoms with Crippen LogP contribution in [0, 0.1) is 0 Å². The van der Waals surface area contributed by atoms with Crippen LogP contribution in [-0.4, -0.2) is 38.4 Å². The summed E-state index contributed by atoms with van der Waals surface area (Å²) >= 11 is 0. The van der Waals surface area contributed by atoms with Crippen molar-refractivity contribution in [2.24, 2.45) is 12.8 Å². The summed E-state index contributed by atoms with van der Waals surface area (Å²) in [5.74, 6) is -0.162. The molecular formula is C11H19N3O4S2. The van der Waals surface area contributed by atoms with Crippen molar-refractivity contribution >= 4 is 19.9 Å². The quantitative estimate of drug-likeness (QED) is 0.764. The minimum atomic E-state index is -3.75. The Labute approximate surface area is 119 Å². The molecule has 0 spiro atoms. The highest BCUT2D eigenvalue weighted by molar-refractivity contribution is 7.92. The fraction of sp³-hybridized carbons (Fsp3) is 0.636. The zero-order chi connectivity index (χ0) is 15.2. The number of rotatable bonds is 4. The number of sulfone groups is 1. The lowest BCUT2D eigenvalue weighted by Crippen LogP contribution is -2.46. The van der Waals surface area contributed by atoms with Gasteiger partial charge < -0.3 is 10.3 Å². The van der Waals surface area contributed by atoms with Gasteiger partial charge in [-0.05, 0) is 19.4 Å². The Morgan fingerprint density at radius 1 is 1.50 bits per heavy atom. The summed E-state index contributed by atoms with van der Waals surface area (Å²) in [5.41, 5.74) is 5.26. The second kappa shape index (κ2) is 4.83. The Kier molecular flexibility index (Phi) is 3.74. The fourth-order valence-electron chi connectivity index (χ4n) is 2.40. The van der Waals surface area contributed by atoms with Crippen LogP contribution in [-0.2, 0) is 33.5 Å². The largest absolute Gasteiger partial charge is 0.352 e. The molecule has 1 fully saturated rings. The van der Waals surface area contributed by atoms with Gasteiger partial charge in [0, 0.05) is 31.0 Å². The van der Waals surface area contributed by atoms with E-state index in [0.717, 1.165) is 0 Å². The number of nitrogens with one attached hydrogen (secondary N) is 1. The molecular weight excluding hydrogens is 302 g/mol. The van der Waals surface area contributed by atoms with Crippen LogP contribution < -0.4 is 10.5 Å². The van der Waals surface area contributed by atoms with Crippen molar-refractivity contribution in [1.82, 2.24) is 9.29 Å². The van der Waals surface area contributed by atoms with E-state index in [1.54, 1.807) is 18.5 Å². The Hall–Kier alpha value is -0.900. The summed E-state index contributed by atoms with van der Waals surface area (Å²) in [6.45, 7) is 1.85. The maximum Gasteiger partial charge on any atom is 0.242 e. The molecule has 1 aromatic heterocycles. The summed E-state index contributed by atoms with van der Waals surface area (Å²) in [6, 6.07) is 1.50. The number of nitrogens with two attached hydrogens (primary N) is 1. The zero-order valence-electron chi connectivity index (χ0n) is 11.5. The monoisotopic (exact) mass is 321 g/mol. The predicted molar refractivity (Wildman–Crippen MR) is 75.3 cm³/mol. The lowest BCUT2D eigenvalue weighted by Gasteiger charge is -2.23. The number of nitrogens with zero attached hydrogens (tertiary/aromatic N) is 1. The maximum absolute atomic E-state index is 12.3. The Morgan fingerprint density at radius 2 is 2.15 bits per heavy atom. The van der Waals surface area contributed by atoms with Gasteiger partial charge in [-0.3, -0.25) is 0 Å². The molecule has 0 bridgehead atoms. The lowest BCUT2D eigenvalue weighted by molar-refractivity contribution is 0.462. The highest BCUT2D eigenvalue weighted by Gasteiger charge is 2.41. The molecule has 0 saturated carbocycles. The molecule has 20 heavy (non-hydrogen) atoms. The van der Waals surface area contributed by atoms with Crippen LogP contribution in [0.3, 0.4) is 0 Å². The first kappa shape index (κ1) is 15.5. The van der Waals surface area contributed by atoms with Crippen molar-refractivity contribution in [2.75, 3.05) is 11.5 Å². The number of sulfonamides is 1. The standard InChI is InChI=1S/C11H19N3O4S2/c1-11(3-4-19(15,16)8-11)13-20(17,18)10-5-9(6-12)14(2)7-10/h5,7,13H,3-4,6,8,12H2,1-2H3. The third-order valence-corrected chi connectivity index (χ3v) is 6.99. The second-order valence-electron chi connectivity index (χ2n) is 5.49. The molecule has 3 N–H and O–H groups in total. The molecule has 1 aromatic rings. The Balaban J connectivity index is 2.28. The lowest BCUT2D eigenvalue weighted by atomic mass is 10.0. The molecule has 0 amide bonds. The van der Waals surface area contributed by atoms with Gasteiger partial charge in [-0.25, -0.2) is 21.6 Å². The number of aryl methyl sites for hydroxylation is 1. The minimum absolute atomic E-state index is 0.00879. The van der Waals surface area contributed by atoms with Crippen molar-refractivity contribution in [2.45, 2.75) is 30.3 Å². The third kappa shape index (κ3) is 3.05. The number of aromatic nitrogens is 1. The molecule has 0 aliphatic carbocycles. The van der Waals surface area contributed by atoms with Gasteiger partial charge in [0.15, 0.2) is 9.84 Å². The molecule has 114 valence electrons. The Bertz CT molecular complexity index is 721. The van der Waals surface area contributed by atoms with Crippen LogP contribution in [0.5, 0.6) is 0 Å². The van der Waals surface area contributed by atoms with Gasteiger partial charge >= 0.3 is 0 Å². The van der Waals surface area contributed by atoms with Crippen LogP contribution in [0.2, 0.25) is 0 Å². The molecule has 7 nitrogen and oxygen atoms in total. The normalized spacial score (nSPS) is 25.9. The third-order valence-electron chi connectivity index (χ3n) is 3.49. The highest BCUT2D eigenvalue weighted by atomic mass is 32.2. The van der Waals surface area contributed by atoms with Crippen LogP contribution >= 0.6 is 0 Å². The summed E-state index contributed by atoms with van der Waals surface area (Å²) in [6.07, 6.45) is 1.75. The van der Waals surface area contributed by atoms with Gasteiger partial charge in [0.2, 0.25) is 10.0 Å². The zero-order valence-corrected chi connectivity index (χ0v) is 13.1. The van der Waals surface area contributed by atoms with Gasteiger partial charge in [-0.15, -0.1) is 0 Å². The van der Waals surface area contributed by atoms with Crippen molar-refractivity contribution in [3.05, 3.63) is 18.0 Å². The van der Waals surface area contributed by atoms with E-state index in [-0.39, 0.29) is 29.4 Å². The van der Waals surface area contributed by atoms with E-state index < -0.39 is 25.4 Å². The smallest absolute Gasteiger partial charge is 0.242 e. The van der Waals surface area contributed by atoms with Crippen LogP contribution in [0.15, 0.2) is 17.2 Å². The Morgan fingerprint density at radius 3 is 2.60 bits per heavy atom. The van der Waals surface area contributed by atoms with E-state index in [0.29, 0.717) is 5.69 Å². The van der Waals surface area contributed by atoms with Crippen LogP contribution in [0.4, 0.5) is 0 Å². The summed E-state index contributed by atoms with van der Waals surface area (Å²) in [7, 11) is -5.21. The maximum atomic E-state index is 12.3. The molecule has 1 unspecified atom stereocenters. The molecule has 0 aromatic carbocycles. The van der Waals surface area contributed by atoms with Gasteiger partial charge in [-0.1, -0.05) is 0 Å². The molecule has 2 heterocycles. The number of hydrogen-bond acceptors (Lipinski definition) is 5. The average molecular weight is 321 g/mol. The van der Waals surface area contributed by atoms with Crippen molar-refractivity contribution in [1.29, 1.82) is 0 Å². The molecule has 1 atom stereocenters. The van der Waals surface area contributed by atoms with Gasteiger partial charge in [0.1, 0.15) is 0 Å². The summed E-state index contributed by atoms with van der Waals surface area (Å²) < 4.78 is 51.8. The molecule has 9 heteroatoms. The SMILES string of the molecule is Cn1cc(S(=O)(=O)NC2(C)CCS(=O)(=O)C2)cc1CN. The van der Waals surface area contributed by atoms with Gasteiger partial charge in [0.05, 0.1) is 16.4 Å². The topological polar surface area (TPSA) is 111 Å². The summed E-state index contributed by atoms with van der Waals surface area (Å²) in [5, 5.41) is 0. The van der Waals surface area contributed by atoms with Crippen LogP contribution in [0.25, 0.3) is 0 Å². The minimum Gasteiger partial charge on any atom is -0.352 e. The van der Waals surface area contributed by atoms with Crippen molar-refractivity contribution in [3.8, 4) is 0 Å². The first-order valence-corrected chi connectivity index (χ1v) is 9.47. The van der Waals surface area contributed by atoms with Gasteiger partial charge in [-0.2, -0.15) is 0 Å². The molecule has 0 radical (unpaired) electrons. The molecule has 1 saturated heterocycles. The molecule has 1 aliphatic rings. The van der Waals surface area contributed by atoms with Gasteiger partial charge in [0.25, 0.3) is 0 Å². The van der Waals surface area contributed by atoms with Crippen molar-refractivity contribution < 1.29 is 16.8 Å². The van der Waals surface area contributed by atoms with Crippen LogP contribution in [0.1, 0.15) is 19.0 Å². The molecule has 2 rings (SSSR count). The van der Waals surface area contributed by atoms with E-state index in [1.165, 1.54) is 12.3 Å². The first-order chi connectivity index (χ1) is 9.07. The highest BCUT2D eigenvalue weighted by Crippen LogP contribution is 2.25. The van der Waals surface area contributed by atoms with E-state index in [2.05, 4.69) is 4.72 Å². The van der Waals surface area contributed by atoms with E-state index in [1.807, 2.05) is 0 Å². The predicted octanol–water partition coefficient (Wildman–Crippen LogP) is -0.661. The van der Waals surface area contributed by atoms with E-state index in [9.17, 15) is 16.8 Å². The van der Waals surface area contributed by atoms with E-state index >= 15 is 0 Å². The molecule has 1 aliphatic heterocycles. The number of hydrogen-bond donors (Lipinski definition) is 2. The van der Waals surface area contributed by atoms with Crippen molar-refractivity contribution in [3.63, 3.8) is 0 Å². The second-order valence-corrected chi connectivity index (χ2v) is 9.36. The average Bonchev–Trinajstić information content (AvgIpc) is 2.79. The van der Waals surface area contributed by atoms with E-state index in [4.69, 9.17) is 5.73 Å². The summed E-state index contributed by atoms with van der Waals surface area (Å²) in [4.78, 5) is 0.103.